The molecule has 0 unspecified atom stereocenters. The van der Waals surface area contributed by atoms with Gasteiger partial charge in [-0.15, -0.1) is 0 Å². The van der Waals surface area contributed by atoms with Gasteiger partial charge in [-0.3, -0.25) is 4.79 Å². The zero-order chi connectivity index (χ0) is 18.4. The molecule has 0 atom stereocenters. The Bertz CT molecular complexity index is 1150. The van der Waals surface area contributed by atoms with Crippen molar-refractivity contribution < 1.29 is 13.7 Å². The third-order valence-electron chi connectivity index (χ3n) is 4.81. The summed E-state index contributed by atoms with van der Waals surface area (Å²) in [7, 11) is 0. The average molecular weight is 380 g/mol. The Balaban J connectivity index is 1.41. The molecule has 0 spiro atoms. The van der Waals surface area contributed by atoms with E-state index >= 15 is 0 Å². The monoisotopic (exact) mass is 379 g/mol. The van der Waals surface area contributed by atoms with Gasteiger partial charge in [0, 0.05) is 28.3 Å². The fourth-order valence-electron chi connectivity index (χ4n) is 3.41. The molecule has 0 fully saturated rings. The van der Waals surface area contributed by atoms with E-state index in [4.69, 9.17) is 20.5 Å². The van der Waals surface area contributed by atoms with Gasteiger partial charge < -0.3 is 13.8 Å². The van der Waals surface area contributed by atoms with Crippen LogP contribution < -0.4 is 0 Å². The third kappa shape index (κ3) is 2.78. The maximum absolute atomic E-state index is 12.9. The van der Waals surface area contributed by atoms with Gasteiger partial charge in [-0.05, 0) is 48.9 Å². The second-order valence-electron chi connectivity index (χ2n) is 6.46. The van der Waals surface area contributed by atoms with Gasteiger partial charge in [0.05, 0.1) is 6.54 Å². The van der Waals surface area contributed by atoms with E-state index in [0.29, 0.717) is 41.2 Å². The van der Waals surface area contributed by atoms with E-state index in [9.17, 15) is 4.79 Å². The lowest BCUT2D eigenvalue weighted by atomic mass is 10.00. The Morgan fingerprint density at radius 3 is 2.85 bits per heavy atom. The van der Waals surface area contributed by atoms with Crippen LogP contribution in [0.2, 0.25) is 5.02 Å². The zero-order valence-corrected chi connectivity index (χ0v) is 14.9. The number of hydrogen-bond donors (Lipinski definition) is 0. The van der Waals surface area contributed by atoms with Crippen LogP contribution in [0.15, 0.2) is 57.8 Å². The van der Waals surface area contributed by atoms with Crippen LogP contribution in [0, 0.1) is 0 Å². The van der Waals surface area contributed by atoms with E-state index in [0.717, 1.165) is 22.6 Å². The van der Waals surface area contributed by atoms with Crippen LogP contribution in [0.4, 0.5) is 0 Å². The highest BCUT2D eigenvalue weighted by Crippen LogP contribution is 2.31. The molecular formula is C20H14ClN3O3. The lowest BCUT2D eigenvalue weighted by Crippen LogP contribution is -2.35. The van der Waals surface area contributed by atoms with Gasteiger partial charge in [0.2, 0.25) is 0 Å². The molecule has 134 valence electrons. The summed E-state index contributed by atoms with van der Waals surface area (Å²) in [5.74, 6) is 0.694. The van der Waals surface area contributed by atoms with Gasteiger partial charge in [-0.2, -0.15) is 0 Å². The standard InChI is InChI=1S/C20H14ClN3O3/c21-14-4-1-12(2-5-14)19-15-7-8-24(10-17(15)23-27-19)20(25)13-3-6-18-16(9-13)22-11-26-18/h1-6,9,11H,7-8,10H2. The minimum absolute atomic E-state index is 0.0541. The van der Waals surface area contributed by atoms with Crippen LogP contribution in [-0.4, -0.2) is 27.5 Å². The number of amides is 1. The summed E-state index contributed by atoms with van der Waals surface area (Å²) in [6.45, 7) is 1.02. The SMILES string of the molecule is O=C(c1ccc2ocnc2c1)N1CCc2c(noc2-c2ccc(Cl)cc2)C1. The van der Waals surface area contributed by atoms with Crippen molar-refractivity contribution in [3.8, 4) is 11.3 Å². The predicted molar refractivity (Wildman–Crippen MR) is 99.4 cm³/mol. The van der Waals surface area contributed by atoms with Gasteiger partial charge in [-0.25, -0.2) is 4.98 Å². The number of benzene rings is 2. The number of halogens is 1. The maximum Gasteiger partial charge on any atom is 0.254 e. The average Bonchev–Trinajstić information content (AvgIpc) is 3.33. The number of nitrogens with zero attached hydrogens (tertiary/aromatic N) is 3. The molecule has 2 aromatic heterocycles. The van der Waals surface area contributed by atoms with Crippen LogP contribution in [0.3, 0.4) is 0 Å². The summed E-state index contributed by atoms with van der Waals surface area (Å²) in [5, 5.41) is 4.87. The van der Waals surface area contributed by atoms with Gasteiger partial charge in [0.1, 0.15) is 11.2 Å². The molecule has 1 aliphatic rings. The quantitative estimate of drug-likeness (QED) is 0.518. The molecule has 5 rings (SSSR count). The van der Waals surface area contributed by atoms with Crippen LogP contribution in [0.5, 0.6) is 0 Å². The molecule has 6 nitrogen and oxygen atoms in total. The number of carbonyl (C=O) groups excluding carboxylic acids is 1. The molecule has 27 heavy (non-hydrogen) atoms. The molecule has 0 aliphatic carbocycles. The normalized spacial score (nSPS) is 13.7. The molecule has 0 radical (unpaired) electrons. The Labute approximate surface area is 159 Å². The van der Waals surface area contributed by atoms with Crippen LogP contribution in [0.1, 0.15) is 21.6 Å². The maximum atomic E-state index is 12.9. The number of fused-ring (bicyclic) bond motifs is 2. The predicted octanol–water partition coefficient (Wildman–Crippen LogP) is 4.33. The number of carbonyl (C=O) groups is 1. The number of aromatic nitrogens is 2. The Morgan fingerprint density at radius 1 is 1.15 bits per heavy atom. The number of rotatable bonds is 2. The number of oxazole rings is 1. The van der Waals surface area contributed by atoms with Gasteiger partial charge in [0.25, 0.3) is 5.91 Å². The smallest absolute Gasteiger partial charge is 0.254 e. The van der Waals surface area contributed by atoms with Crippen LogP contribution in [-0.2, 0) is 13.0 Å². The van der Waals surface area contributed by atoms with E-state index in [1.165, 1.54) is 6.39 Å². The van der Waals surface area contributed by atoms with Crippen molar-refractivity contribution in [2.45, 2.75) is 13.0 Å². The molecule has 4 aromatic rings. The van der Waals surface area contributed by atoms with E-state index in [1.54, 1.807) is 23.1 Å². The second-order valence-corrected chi connectivity index (χ2v) is 6.89. The van der Waals surface area contributed by atoms with Gasteiger partial charge in [0.15, 0.2) is 17.7 Å². The van der Waals surface area contributed by atoms with Crippen molar-refractivity contribution >= 4 is 28.6 Å². The van der Waals surface area contributed by atoms with Crippen LogP contribution in [0.25, 0.3) is 22.4 Å². The molecule has 1 aliphatic heterocycles. The first-order chi connectivity index (χ1) is 13.2. The minimum atomic E-state index is -0.0541. The van der Waals surface area contributed by atoms with Crippen molar-refractivity contribution in [2.24, 2.45) is 0 Å². The summed E-state index contributed by atoms with van der Waals surface area (Å²) >= 11 is 5.96. The lowest BCUT2D eigenvalue weighted by molar-refractivity contribution is 0.0731. The molecule has 0 saturated heterocycles. The molecule has 3 heterocycles. The van der Waals surface area contributed by atoms with Gasteiger partial charge in [-0.1, -0.05) is 16.8 Å². The molecule has 1 amide bonds. The molecular weight excluding hydrogens is 366 g/mol. The lowest BCUT2D eigenvalue weighted by Gasteiger charge is -2.26. The molecule has 7 heteroatoms. The number of hydrogen-bond acceptors (Lipinski definition) is 5. The summed E-state index contributed by atoms with van der Waals surface area (Å²) in [6.07, 6.45) is 2.06. The summed E-state index contributed by atoms with van der Waals surface area (Å²) in [4.78, 5) is 18.8. The topological polar surface area (TPSA) is 72.4 Å². The van der Waals surface area contributed by atoms with Crippen molar-refractivity contribution in [1.29, 1.82) is 0 Å². The fourth-order valence-corrected chi connectivity index (χ4v) is 3.53. The minimum Gasteiger partial charge on any atom is -0.443 e. The first-order valence-corrected chi connectivity index (χ1v) is 8.93. The van der Waals surface area contributed by atoms with Crippen molar-refractivity contribution in [3.05, 3.63) is 70.7 Å². The first kappa shape index (κ1) is 16.1. The van der Waals surface area contributed by atoms with Crippen molar-refractivity contribution in [3.63, 3.8) is 0 Å². The Kier molecular flexibility index (Phi) is 3.72. The molecule has 0 bridgehead atoms. The highest BCUT2D eigenvalue weighted by molar-refractivity contribution is 6.30. The molecule has 2 aromatic carbocycles. The van der Waals surface area contributed by atoms with Crippen molar-refractivity contribution in [2.75, 3.05) is 6.54 Å². The highest BCUT2D eigenvalue weighted by atomic mass is 35.5. The summed E-state index contributed by atoms with van der Waals surface area (Å²) in [5.41, 5.74) is 4.70. The highest BCUT2D eigenvalue weighted by Gasteiger charge is 2.28. The summed E-state index contributed by atoms with van der Waals surface area (Å²) in [6, 6.07) is 12.7. The third-order valence-corrected chi connectivity index (χ3v) is 5.06. The van der Waals surface area contributed by atoms with E-state index in [1.807, 2.05) is 24.3 Å². The molecule has 0 N–H and O–H groups in total. The van der Waals surface area contributed by atoms with Crippen LogP contribution >= 0.6 is 11.6 Å². The van der Waals surface area contributed by atoms with E-state index in [-0.39, 0.29) is 5.91 Å². The Morgan fingerprint density at radius 2 is 2.00 bits per heavy atom. The fraction of sp³-hybridized carbons (Fsp3) is 0.150. The first-order valence-electron chi connectivity index (χ1n) is 8.55. The summed E-state index contributed by atoms with van der Waals surface area (Å²) < 4.78 is 10.8. The van der Waals surface area contributed by atoms with E-state index in [2.05, 4.69) is 10.1 Å². The Hall–Kier alpha value is -3.12. The van der Waals surface area contributed by atoms with Crippen molar-refractivity contribution in [1.82, 2.24) is 15.0 Å². The van der Waals surface area contributed by atoms with Gasteiger partial charge >= 0.3 is 0 Å². The second kappa shape index (κ2) is 6.25. The zero-order valence-electron chi connectivity index (χ0n) is 14.2. The largest absolute Gasteiger partial charge is 0.443 e. The molecule has 0 saturated carbocycles. The van der Waals surface area contributed by atoms with E-state index < -0.39 is 0 Å².